The van der Waals surface area contributed by atoms with Crippen LogP contribution in [0.1, 0.15) is 24.2 Å². The number of carboxylic acid groups (broad SMARTS) is 2. The van der Waals surface area contributed by atoms with Gasteiger partial charge in [0.25, 0.3) is 0 Å². The van der Waals surface area contributed by atoms with Crippen molar-refractivity contribution in [1.82, 2.24) is 20.2 Å². The van der Waals surface area contributed by atoms with Crippen molar-refractivity contribution in [3.8, 4) is 0 Å². The summed E-state index contributed by atoms with van der Waals surface area (Å²) in [5.74, 6) is -5.43. The second-order valence-corrected chi connectivity index (χ2v) is 8.70. The first kappa shape index (κ1) is 32.4. The molecule has 0 bridgehead atoms. The minimum atomic E-state index is -5.08. The van der Waals surface area contributed by atoms with Crippen LogP contribution in [0.4, 0.5) is 26.3 Å². The average molecular weight is 580 g/mol. The maximum absolute atomic E-state index is 13.1. The van der Waals surface area contributed by atoms with Crippen molar-refractivity contribution >= 4 is 17.8 Å². The Balaban J connectivity index is 0.000000333. The molecule has 16 heteroatoms. The number of hydrogen-bond donors (Lipinski definition) is 3. The van der Waals surface area contributed by atoms with E-state index in [1.165, 1.54) is 0 Å². The van der Waals surface area contributed by atoms with Crippen LogP contribution < -0.4 is 5.32 Å². The highest BCUT2D eigenvalue weighted by Gasteiger charge is 2.53. The van der Waals surface area contributed by atoms with Crippen LogP contribution in [0.2, 0.25) is 0 Å². The molecule has 2 aromatic rings. The largest absolute Gasteiger partial charge is 0.490 e. The molecule has 2 aromatic heterocycles. The molecule has 1 amide bonds. The third-order valence-electron chi connectivity index (χ3n) is 5.90. The van der Waals surface area contributed by atoms with Gasteiger partial charge in [-0.2, -0.15) is 26.3 Å². The molecule has 4 heterocycles. The maximum Gasteiger partial charge on any atom is 0.490 e. The number of rotatable bonds is 5. The number of pyridine rings is 2. The molecule has 0 aliphatic carbocycles. The van der Waals surface area contributed by atoms with Crippen molar-refractivity contribution in [2.75, 3.05) is 19.7 Å². The van der Waals surface area contributed by atoms with E-state index in [1.54, 1.807) is 6.20 Å². The minimum Gasteiger partial charge on any atom is -0.475 e. The number of amides is 1. The molecule has 0 spiro atoms. The number of alkyl halides is 6. The van der Waals surface area contributed by atoms with E-state index < -0.39 is 29.7 Å². The number of nitrogens with zero attached hydrogens (tertiary/aromatic N) is 3. The number of carbonyl (C=O) groups excluding carboxylic acids is 1. The Morgan fingerprint density at radius 2 is 1.48 bits per heavy atom. The van der Waals surface area contributed by atoms with Crippen molar-refractivity contribution in [3.63, 3.8) is 0 Å². The van der Waals surface area contributed by atoms with E-state index in [1.807, 2.05) is 42.6 Å². The van der Waals surface area contributed by atoms with E-state index in [-0.39, 0.29) is 12.0 Å². The summed E-state index contributed by atoms with van der Waals surface area (Å²) in [5, 5.41) is 17.3. The Kier molecular flexibility index (Phi) is 11.4. The van der Waals surface area contributed by atoms with E-state index >= 15 is 0 Å². The summed E-state index contributed by atoms with van der Waals surface area (Å²) in [6, 6.07) is 11.7. The molecular weight excluding hydrogens is 554 g/mol. The van der Waals surface area contributed by atoms with Crippen molar-refractivity contribution < 1.29 is 55.7 Å². The zero-order valence-electron chi connectivity index (χ0n) is 20.8. The van der Waals surface area contributed by atoms with Crippen molar-refractivity contribution in [2.45, 2.75) is 44.4 Å². The molecule has 10 nitrogen and oxygen atoms in total. The summed E-state index contributed by atoms with van der Waals surface area (Å²) in [6.45, 7) is 3.51. The second kappa shape index (κ2) is 14.0. The van der Waals surface area contributed by atoms with Crippen LogP contribution in [-0.4, -0.2) is 81.1 Å². The molecule has 4 rings (SSSR count). The number of halogens is 6. The van der Waals surface area contributed by atoms with Crippen molar-refractivity contribution in [2.24, 2.45) is 5.41 Å². The van der Waals surface area contributed by atoms with Gasteiger partial charge in [-0.25, -0.2) is 9.59 Å². The Hall–Kier alpha value is -3.79. The average Bonchev–Trinajstić information content (AvgIpc) is 3.33. The topological polar surface area (TPSA) is 142 Å². The minimum absolute atomic E-state index is 0.00575. The number of piperidine rings is 1. The van der Waals surface area contributed by atoms with Crippen LogP contribution in [0.15, 0.2) is 48.8 Å². The number of likely N-dealkylation sites (tertiary alicyclic amines) is 1. The first-order chi connectivity index (χ1) is 18.6. The lowest BCUT2D eigenvalue weighted by Crippen LogP contribution is -2.56. The zero-order valence-corrected chi connectivity index (χ0v) is 20.8. The van der Waals surface area contributed by atoms with Crippen LogP contribution in [0.3, 0.4) is 0 Å². The van der Waals surface area contributed by atoms with Gasteiger partial charge in [0.2, 0.25) is 5.91 Å². The molecule has 40 heavy (non-hydrogen) atoms. The molecule has 0 saturated carbocycles. The highest BCUT2D eigenvalue weighted by atomic mass is 19.4. The van der Waals surface area contributed by atoms with Gasteiger partial charge < -0.3 is 20.3 Å². The van der Waals surface area contributed by atoms with Gasteiger partial charge in [0.05, 0.1) is 29.5 Å². The highest BCUT2D eigenvalue weighted by molar-refractivity contribution is 5.84. The fraction of sp³-hybridized carbons (Fsp3) is 0.458. The van der Waals surface area contributed by atoms with Crippen LogP contribution >= 0.6 is 0 Å². The number of aliphatic carboxylic acids is 2. The predicted octanol–water partition coefficient (Wildman–Crippen LogP) is 3.04. The van der Waals surface area contributed by atoms with E-state index in [0.29, 0.717) is 19.7 Å². The zero-order chi connectivity index (χ0) is 30.0. The Morgan fingerprint density at radius 1 is 0.950 bits per heavy atom. The molecular formula is C24H26F6N4O6. The first-order valence-electron chi connectivity index (χ1n) is 11.7. The number of nitrogens with one attached hydrogen (secondary N) is 1. The third-order valence-corrected chi connectivity index (χ3v) is 5.90. The van der Waals surface area contributed by atoms with Gasteiger partial charge in [-0.1, -0.05) is 12.1 Å². The van der Waals surface area contributed by atoms with Gasteiger partial charge in [-0.05, 0) is 37.1 Å². The summed E-state index contributed by atoms with van der Waals surface area (Å²) in [5.41, 5.74) is 1.43. The molecule has 3 N–H and O–H groups in total. The lowest BCUT2D eigenvalue weighted by molar-refractivity contribution is -0.193. The molecule has 2 aliphatic rings. The fourth-order valence-electron chi connectivity index (χ4n) is 4.06. The molecule has 0 unspecified atom stereocenters. The number of hydrogen-bond acceptors (Lipinski definition) is 7. The molecule has 2 atom stereocenters. The van der Waals surface area contributed by atoms with Crippen LogP contribution in [0.5, 0.6) is 0 Å². The second-order valence-electron chi connectivity index (χ2n) is 8.70. The summed E-state index contributed by atoms with van der Waals surface area (Å²) < 4.78 is 69.4. The van der Waals surface area contributed by atoms with Crippen LogP contribution in [0.25, 0.3) is 0 Å². The van der Waals surface area contributed by atoms with Crippen molar-refractivity contribution in [1.29, 1.82) is 0 Å². The Labute approximate surface area is 224 Å². The van der Waals surface area contributed by atoms with Gasteiger partial charge >= 0.3 is 24.3 Å². The van der Waals surface area contributed by atoms with Gasteiger partial charge in [0.1, 0.15) is 0 Å². The number of ether oxygens (including phenoxy) is 1. The van der Waals surface area contributed by atoms with Crippen LogP contribution in [-0.2, 0) is 32.2 Å². The highest BCUT2D eigenvalue weighted by Crippen LogP contribution is 2.41. The molecule has 0 radical (unpaired) electrons. The van der Waals surface area contributed by atoms with Crippen LogP contribution in [0, 0.1) is 5.41 Å². The fourth-order valence-corrected chi connectivity index (χ4v) is 4.06. The van der Waals surface area contributed by atoms with Crippen molar-refractivity contribution in [3.05, 3.63) is 60.2 Å². The normalized spacial score (nSPS) is 20.6. The summed E-state index contributed by atoms with van der Waals surface area (Å²) >= 11 is 0. The van der Waals surface area contributed by atoms with E-state index in [0.717, 1.165) is 37.3 Å². The first-order valence-corrected chi connectivity index (χ1v) is 11.7. The summed E-state index contributed by atoms with van der Waals surface area (Å²) in [6.07, 6.45) is -4.95. The third kappa shape index (κ3) is 9.75. The van der Waals surface area contributed by atoms with Gasteiger partial charge in [-0.15, -0.1) is 0 Å². The van der Waals surface area contributed by atoms with Gasteiger partial charge in [-0.3, -0.25) is 19.7 Å². The van der Waals surface area contributed by atoms with Gasteiger partial charge in [0, 0.05) is 38.6 Å². The quantitative estimate of drug-likeness (QED) is 0.455. The monoisotopic (exact) mass is 580 g/mol. The predicted molar refractivity (Wildman–Crippen MR) is 124 cm³/mol. The standard InChI is InChI=1S/C20H24N4O2.2C2HF3O2/c25-19(23-13-16-5-1-3-9-21-16)20-8-12-26-18(20)7-11-24(15-20)14-17-6-2-4-10-22-17;2*3-2(4,5)1(6)7/h1-6,9-10,18H,7-8,11-15H2,(H,23,25);2*(H,6,7)/t18-,20-;;/m1../s1. The van der Waals surface area contributed by atoms with E-state index in [9.17, 15) is 31.1 Å². The summed E-state index contributed by atoms with van der Waals surface area (Å²) in [7, 11) is 0. The number of fused-ring (bicyclic) bond motifs is 1. The smallest absolute Gasteiger partial charge is 0.475 e. The molecule has 2 aliphatic heterocycles. The Morgan fingerprint density at radius 3 is 1.95 bits per heavy atom. The lowest BCUT2D eigenvalue weighted by atomic mass is 9.75. The molecule has 2 saturated heterocycles. The number of aromatic nitrogens is 2. The van der Waals surface area contributed by atoms with Gasteiger partial charge in [0.15, 0.2) is 0 Å². The van der Waals surface area contributed by atoms with E-state index in [4.69, 9.17) is 24.5 Å². The molecule has 2 fully saturated rings. The SMILES string of the molecule is O=C(NCc1ccccn1)[C@@]12CCO[C@@H]1CCN(Cc1ccccn1)C2.O=C(O)C(F)(F)F.O=C(O)C(F)(F)F. The maximum atomic E-state index is 13.1. The summed E-state index contributed by atoms with van der Waals surface area (Å²) in [4.78, 5) is 41.9. The number of carboxylic acids is 2. The molecule has 220 valence electrons. The Bertz CT molecular complexity index is 1100. The van der Waals surface area contributed by atoms with E-state index in [2.05, 4.69) is 20.2 Å². The number of carbonyl (C=O) groups is 3. The lowest BCUT2D eigenvalue weighted by Gasteiger charge is -2.42. The molecule has 0 aromatic carbocycles.